The van der Waals surface area contributed by atoms with Crippen molar-refractivity contribution in [1.29, 1.82) is 0 Å². The molecule has 0 spiro atoms. The maximum absolute atomic E-state index is 13.1. The summed E-state index contributed by atoms with van der Waals surface area (Å²) in [5.74, 6) is 6.75. The average Bonchev–Trinajstić information content (AvgIpc) is 3.09. The molecule has 4 aromatic carbocycles. The molecular weight excluding hydrogens is 422 g/mol. The number of anilines is 1. The van der Waals surface area contributed by atoms with E-state index >= 15 is 0 Å². The molecule has 0 saturated carbocycles. The Hall–Kier alpha value is -4.62. The van der Waals surface area contributed by atoms with Gasteiger partial charge in [-0.3, -0.25) is 9.59 Å². The van der Waals surface area contributed by atoms with E-state index < -0.39 is 0 Å². The van der Waals surface area contributed by atoms with Gasteiger partial charge in [0, 0.05) is 11.1 Å². The van der Waals surface area contributed by atoms with Crippen LogP contribution >= 0.6 is 0 Å². The minimum Gasteiger partial charge on any atom is -0.457 e. The van der Waals surface area contributed by atoms with Gasteiger partial charge < -0.3 is 4.74 Å². The van der Waals surface area contributed by atoms with Gasteiger partial charge in [-0.1, -0.05) is 42.2 Å². The summed E-state index contributed by atoms with van der Waals surface area (Å²) >= 11 is 0. The highest BCUT2D eigenvalue weighted by molar-refractivity contribution is 6.34. The zero-order valence-electron chi connectivity index (χ0n) is 18.2. The molecule has 1 aliphatic heterocycles. The molecule has 0 atom stereocenters. The molecule has 0 saturated heterocycles. The maximum Gasteiger partial charge on any atom is 0.266 e. The lowest BCUT2D eigenvalue weighted by molar-refractivity contribution is 0.0926. The van der Waals surface area contributed by atoms with Crippen molar-refractivity contribution in [3.05, 3.63) is 124 Å². The predicted octanol–water partition coefficient (Wildman–Crippen LogP) is 5.78. The van der Waals surface area contributed by atoms with Crippen LogP contribution in [0, 0.1) is 11.8 Å². The second-order valence-corrected chi connectivity index (χ2v) is 8.35. The average molecular weight is 441 g/mol. The summed E-state index contributed by atoms with van der Waals surface area (Å²) in [4.78, 5) is 27.4. The van der Waals surface area contributed by atoms with Gasteiger partial charge in [-0.2, -0.15) is 0 Å². The lowest BCUT2D eigenvalue weighted by atomic mass is 9.88. The molecule has 2 amide bonds. The standard InChI is InChI=1S/C30H19NO3/c32-29-27-16-15-26(19-28(27)30(33)31(29)24-14-13-22-11-12-23(22)18-24)34-25-8-4-7-21(17-25)10-9-20-5-2-1-3-6-20/h1-8,13-19H,11-12H2. The summed E-state index contributed by atoms with van der Waals surface area (Å²) in [6, 6.07) is 28.1. The van der Waals surface area contributed by atoms with Gasteiger partial charge in [0.15, 0.2) is 0 Å². The van der Waals surface area contributed by atoms with Crippen LogP contribution in [0.15, 0.2) is 91.0 Å². The van der Waals surface area contributed by atoms with Crippen LogP contribution in [-0.4, -0.2) is 11.8 Å². The van der Waals surface area contributed by atoms with Crippen LogP contribution in [0.5, 0.6) is 11.5 Å². The topological polar surface area (TPSA) is 46.6 Å². The van der Waals surface area contributed by atoms with E-state index in [1.165, 1.54) is 16.0 Å². The molecule has 4 aromatic rings. The Balaban J connectivity index is 1.25. The molecule has 34 heavy (non-hydrogen) atoms. The van der Waals surface area contributed by atoms with E-state index in [9.17, 15) is 9.59 Å². The third-order valence-electron chi connectivity index (χ3n) is 6.16. The fourth-order valence-electron chi connectivity index (χ4n) is 4.28. The molecule has 4 heteroatoms. The Labute approximate surface area is 197 Å². The second kappa shape index (κ2) is 8.06. The van der Waals surface area contributed by atoms with Gasteiger partial charge in [0.2, 0.25) is 0 Å². The summed E-state index contributed by atoms with van der Waals surface area (Å²) in [6.07, 6.45) is 2.04. The molecule has 0 fully saturated rings. The van der Waals surface area contributed by atoms with Crippen LogP contribution in [0.3, 0.4) is 0 Å². The van der Waals surface area contributed by atoms with Gasteiger partial charge in [0.05, 0.1) is 16.8 Å². The molecule has 2 aliphatic rings. The van der Waals surface area contributed by atoms with E-state index in [-0.39, 0.29) is 11.8 Å². The highest BCUT2D eigenvalue weighted by Crippen LogP contribution is 2.35. The zero-order valence-corrected chi connectivity index (χ0v) is 18.2. The van der Waals surface area contributed by atoms with Crippen molar-refractivity contribution in [3.63, 3.8) is 0 Å². The summed E-state index contributed by atoms with van der Waals surface area (Å²) in [5, 5.41) is 0. The molecule has 162 valence electrons. The van der Waals surface area contributed by atoms with Crippen molar-refractivity contribution < 1.29 is 14.3 Å². The van der Waals surface area contributed by atoms with E-state index in [0.29, 0.717) is 28.3 Å². The Morgan fingerprint density at radius 1 is 0.618 bits per heavy atom. The molecule has 0 bridgehead atoms. The van der Waals surface area contributed by atoms with Crippen molar-refractivity contribution in [3.8, 4) is 23.3 Å². The number of amides is 2. The van der Waals surface area contributed by atoms with Crippen molar-refractivity contribution in [2.24, 2.45) is 0 Å². The molecule has 0 N–H and O–H groups in total. The fourth-order valence-corrected chi connectivity index (χ4v) is 4.28. The van der Waals surface area contributed by atoms with Crippen molar-refractivity contribution >= 4 is 17.5 Å². The summed E-state index contributed by atoms with van der Waals surface area (Å²) < 4.78 is 6.02. The lowest BCUT2D eigenvalue weighted by Crippen LogP contribution is -2.29. The van der Waals surface area contributed by atoms with Crippen LogP contribution in [0.4, 0.5) is 5.69 Å². The fraction of sp³-hybridized carbons (Fsp3) is 0.0667. The number of ether oxygens (including phenoxy) is 1. The monoisotopic (exact) mass is 441 g/mol. The predicted molar refractivity (Wildman–Crippen MR) is 130 cm³/mol. The highest BCUT2D eigenvalue weighted by Gasteiger charge is 2.37. The van der Waals surface area contributed by atoms with Crippen LogP contribution in [0.1, 0.15) is 43.0 Å². The minimum absolute atomic E-state index is 0.302. The number of hydrogen-bond acceptors (Lipinski definition) is 3. The first kappa shape index (κ1) is 20.0. The number of benzene rings is 4. The number of imide groups is 1. The first-order chi connectivity index (χ1) is 16.7. The largest absolute Gasteiger partial charge is 0.457 e. The van der Waals surface area contributed by atoms with E-state index in [1.54, 1.807) is 18.2 Å². The van der Waals surface area contributed by atoms with Crippen LogP contribution in [0.25, 0.3) is 0 Å². The van der Waals surface area contributed by atoms with Crippen LogP contribution in [-0.2, 0) is 12.8 Å². The Morgan fingerprint density at radius 2 is 1.35 bits per heavy atom. The quantitative estimate of drug-likeness (QED) is 0.299. The molecule has 1 heterocycles. The number of aryl methyl sites for hydroxylation is 2. The van der Waals surface area contributed by atoms with Crippen LogP contribution in [0.2, 0.25) is 0 Å². The molecule has 0 aromatic heterocycles. The Bertz CT molecular complexity index is 1530. The van der Waals surface area contributed by atoms with Crippen molar-refractivity contribution in [2.75, 3.05) is 4.90 Å². The van der Waals surface area contributed by atoms with Gasteiger partial charge in [0.1, 0.15) is 11.5 Å². The van der Waals surface area contributed by atoms with Crippen molar-refractivity contribution in [1.82, 2.24) is 0 Å². The first-order valence-corrected chi connectivity index (χ1v) is 11.2. The zero-order chi connectivity index (χ0) is 23.1. The molecular formula is C30H19NO3. The number of rotatable bonds is 3. The number of fused-ring (bicyclic) bond motifs is 2. The molecule has 0 radical (unpaired) electrons. The number of carbonyl (C=O) groups is 2. The van der Waals surface area contributed by atoms with E-state index in [1.807, 2.05) is 72.8 Å². The number of hydrogen-bond donors (Lipinski definition) is 0. The third-order valence-corrected chi connectivity index (χ3v) is 6.16. The maximum atomic E-state index is 13.1. The lowest BCUT2D eigenvalue weighted by Gasteiger charge is -2.22. The Morgan fingerprint density at radius 3 is 2.15 bits per heavy atom. The number of carbonyl (C=O) groups excluding carboxylic acids is 2. The second-order valence-electron chi connectivity index (χ2n) is 8.35. The normalized spacial score (nSPS) is 13.5. The smallest absolute Gasteiger partial charge is 0.266 e. The van der Waals surface area contributed by atoms with E-state index in [0.717, 1.165) is 24.0 Å². The van der Waals surface area contributed by atoms with Crippen molar-refractivity contribution in [2.45, 2.75) is 12.8 Å². The molecule has 1 aliphatic carbocycles. The van der Waals surface area contributed by atoms with Gasteiger partial charge >= 0.3 is 0 Å². The van der Waals surface area contributed by atoms with Gasteiger partial charge in [-0.05, 0) is 84.6 Å². The van der Waals surface area contributed by atoms with E-state index in [2.05, 4.69) is 11.8 Å². The minimum atomic E-state index is -0.327. The van der Waals surface area contributed by atoms with Gasteiger partial charge in [-0.25, -0.2) is 4.90 Å². The summed E-state index contributed by atoms with van der Waals surface area (Å²) in [7, 11) is 0. The first-order valence-electron chi connectivity index (χ1n) is 11.2. The molecule has 4 nitrogen and oxygen atoms in total. The summed E-state index contributed by atoms with van der Waals surface area (Å²) in [6.45, 7) is 0. The van der Waals surface area contributed by atoms with Gasteiger partial charge in [-0.15, -0.1) is 0 Å². The SMILES string of the molecule is O=C1c2ccc(Oc3cccc(C#Cc4ccccc4)c3)cc2C(=O)N1c1ccc2c(c1)CC2. The highest BCUT2D eigenvalue weighted by atomic mass is 16.5. The Kier molecular flexibility index (Phi) is 4.75. The van der Waals surface area contributed by atoms with Crippen LogP contribution < -0.4 is 9.64 Å². The number of nitrogens with zero attached hydrogens (tertiary/aromatic N) is 1. The summed E-state index contributed by atoms with van der Waals surface area (Å²) in [5.41, 5.74) is 5.61. The van der Waals surface area contributed by atoms with E-state index in [4.69, 9.17) is 4.74 Å². The molecule has 0 unspecified atom stereocenters. The molecule has 6 rings (SSSR count). The van der Waals surface area contributed by atoms with Gasteiger partial charge in [0.25, 0.3) is 11.8 Å². The third kappa shape index (κ3) is 3.54.